The molecule has 0 bridgehead atoms. The molecule has 314 valence electrons. The summed E-state index contributed by atoms with van der Waals surface area (Å²) >= 11 is 0. The Kier molecular flexibility index (Phi) is 15.2. The molecule has 3 aromatic carbocycles. The van der Waals surface area contributed by atoms with E-state index in [1.165, 1.54) is 31.0 Å². The van der Waals surface area contributed by atoms with Gasteiger partial charge in [0, 0.05) is 43.4 Å². The zero-order chi connectivity index (χ0) is 42.6. The van der Waals surface area contributed by atoms with Crippen molar-refractivity contribution in [2.45, 2.75) is 95.5 Å². The molecule has 15 nitrogen and oxygen atoms in total. The third-order valence-electron chi connectivity index (χ3n) is 10.8. The van der Waals surface area contributed by atoms with Crippen molar-refractivity contribution >= 4 is 46.3 Å². The number of aromatic nitrogens is 1. The topological polar surface area (TPSA) is 228 Å². The zero-order valence-electron chi connectivity index (χ0n) is 34.0. The van der Waals surface area contributed by atoms with Gasteiger partial charge in [-0.25, -0.2) is 0 Å². The molecule has 3 unspecified atom stereocenters. The summed E-state index contributed by atoms with van der Waals surface area (Å²) in [7, 11) is 1.44. The molecule has 6 atom stereocenters. The van der Waals surface area contributed by atoms with Crippen molar-refractivity contribution < 1.29 is 33.9 Å². The van der Waals surface area contributed by atoms with Crippen LogP contribution in [-0.4, -0.2) is 100 Å². The molecule has 6 amide bonds. The molecule has 1 aliphatic rings. The van der Waals surface area contributed by atoms with Crippen LogP contribution in [0.25, 0.3) is 10.9 Å². The Morgan fingerprint density at radius 3 is 1.88 bits per heavy atom. The van der Waals surface area contributed by atoms with E-state index in [2.05, 4.69) is 31.6 Å². The SMILES string of the molecule is CC(C)[C@@H]1NC(=O)C(CCCCN)NC(=O)C(Cc2c[nH]c3ccccc23)NC(=O)C(Cc2ccc(O)cc2)NC(=O)[C@H](C)N(C)C(=O)[C@H](Cc2ccccc2)NC1=O. The number of nitrogens with two attached hydrogens (primary N) is 1. The van der Waals surface area contributed by atoms with Crippen molar-refractivity contribution in [1.29, 1.82) is 0 Å². The molecule has 1 aliphatic heterocycles. The number of H-pyrrole nitrogens is 1. The van der Waals surface area contributed by atoms with E-state index >= 15 is 0 Å². The zero-order valence-corrected chi connectivity index (χ0v) is 34.0. The van der Waals surface area contributed by atoms with E-state index in [0.717, 1.165) is 22.0 Å². The smallest absolute Gasteiger partial charge is 0.245 e. The van der Waals surface area contributed by atoms with Gasteiger partial charge in [0.2, 0.25) is 35.4 Å². The van der Waals surface area contributed by atoms with Crippen molar-refractivity contribution in [3.8, 4) is 5.75 Å². The molecular weight excluding hydrogens is 753 g/mol. The number of carbonyl (C=O) groups excluding carboxylic acids is 6. The number of fused-ring (bicyclic) bond motifs is 1. The Bertz CT molecular complexity index is 2090. The minimum atomic E-state index is -1.24. The van der Waals surface area contributed by atoms with Crippen molar-refractivity contribution in [2.75, 3.05) is 13.6 Å². The lowest BCUT2D eigenvalue weighted by molar-refractivity contribution is -0.143. The summed E-state index contributed by atoms with van der Waals surface area (Å²) in [5.74, 6) is -4.21. The number of hydrogen-bond acceptors (Lipinski definition) is 8. The first kappa shape index (κ1) is 43.9. The second-order valence-electron chi connectivity index (χ2n) is 15.5. The molecule has 0 radical (unpaired) electrons. The Morgan fingerprint density at radius 1 is 0.644 bits per heavy atom. The number of amides is 6. The summed E-state index contributed by atoms with van der Waals surface area (Å²) in [5, 5.41) is 24.9. The normalized spacial score (nSPS) is 22.8. The number of rotatable bonds is 11. The molecule has 59 heavy (non-hydrogen) atoms. The lowest BCUT2D eigenvalue weighted by atomic mass is 9.98. The van der Waals surface area contributed by atoms with E-state index in [1.54, 1.807) is 32.2 Å². The Morgan fingerprint density at radius 2 is 1.20 bits per heavy atom. The number of phenols is 1. The van der Waals surface area contributed by atoms with Crippen LogP contribution in [0.15, 0.2) is 85.1 Å². The van der Waals surface area contributed by atoms with E-state index < -0.39 is 77.6 Å². The molecular formula is C44H56N8O7. The highest BCUT2D eigenvalue weighted by atomic mass is 16.3. The first-order valence-corrected chi connectivity index (χ1v) is 20.1. The fourth-order valence-corrected chi connectivity index (χ4v) is 7.12. The number of likely N-dealkylation sites (N-methyl/N-ethyl adjacent to an activating group) is 1. The number of aromatic hydroxyl groups is 1. The van der Waals surface area contributed by atoms with Gasteiger partial charge in [0.25, 0.3) is 0 Å². The number of unbranched alkanes of at least 4 members (excludes halogenated alkanes) is 1. The van der Waals surface area contributed by atoms with Crippen LogP contribution >= 0.6 is 0 Å². The Balaban J connectivity index is 1.57. The number of benzene rings is 3. The van der Waals surface area contributed by atoms with Gasteiger partial charge in [-0.2, -0.15) is 0 Å². The quantitative estimate of drug-likeness (QED) is 0.104. The number of para-hydroxylation sites is 1. The fraction of sp³-hybridized carbons (Fsp3) is 0.409. The van der Waals surface area contributed by atoms with Crippen molar-refractivity contribution in [2.24, 2.45) is 11.7 Å². The molecule has 0 saturated carbocycles. The summed E-state index contributed by atoms with van der Waals surface area (Å²) in [6.07, 6.45) is 3.06. The number of carbonyl (C=O) groups is 6. The third-order valence-corrected chi connectivity index (χ3v) is 10.8. The molecule has 1 aromatic heterocycles. The number of nitrogens with one attached hydrogen (secondary N) is 6. The minimum absolute atomic E-state index is 0.0121. The van der Waals surface area contributed by atoms with E-state index in [-0.39, 0.29) is 31.4 Å². The standard InChI is InChI=1S/C44H56N8O7/c1-26(2)38-43(58)50-37(23-28-12-6-5-7-13-28)44(59)52(4)27(3)39(54)48-35(22-29-17-19-31(53)20-18-29)41(56)49-36(24-30-25-46-33-15-9-8-14-32(30)33)42(57)47-34(40(55)51-38)16-10-11-21-45/h5-9,12-15,17-20,25-27,34-38,46,53H,10-11,16,21-24,45H2,1-4H3,(H,47,57)(H,48,54)(H,49,56)(H,50,58)(H,51,55)/t27-,34?,35?,36?,37-,38-/m0/s1. The van der Waals surface area contributed by atoms with Gasteiger partial charge in [-0.3, -0.25) is 28.8 Å². The maximum atomic E-state index is 14.4. The average Bonchev–Trinajstić information content (AvgIpc) is 3.63. The highest BCUT2D eigenvalue weighted by molar-refractivity contribution is 5.98. The molecule has 5 rings (SSSR count). The van der Waals surface area contributed by atoms with Crippen LogP contribution in [-0.2, 0) is 48.0 Å². The van der Waals surface area contributed by atoms with Crippen LogP contribution in [0, 0.1) is 5.92 Å². The largest absolute Gasteiger partial charge is 0.508 e. The predicted molar refractivity (Wildman–Crippen MR) is 224 cm³/mol. The minimum Gasteiger partial charge on any atom is -0.508 e. The van der Waals surface area contributed by atoms with Crippen LogP contribution in [0.5, 0.6) is 5.75 Å². The van der Waals surface area contributed by atoms with Crippen molar-refractivity contribution in [1.82, 2.24) is 36.5 Å². The van der Waals surface area contributed by atoms with Crippen LogP contribution in [0.2, 0.25) is 0 Å². The number of phenolic OH excluding ortho intramolecular Hbond substituents is 1. The van der Waals surface area contributed by atoms with Crippen LogP contribution in [0.1, 0.15) is 56.7 Å². The fourth-order valence-electron chi connectivity index (χ4n) is 7.12. The maximum Gasteiger partial charge on any atom is 0.245 e. The van der Waals surface area contributed by atoms with Crippen LogP contribution in [0.3, 0.4) is 0 Å². The second kappa shape index (κ2) is 20.5. The van der Waals surface area contributed by atoms with Gasteiger partial charge in [0.05, 0.1) is 0 Å². The first-order chi connectivity index (χ1) is 28.2. The van der Waals surface area contributed by atoms with Crippen LogP contribution < -0.4 is 32.3 Å². The van der Waals surface area contributed by atoms with Crippen molar-refractivity contribution in [3.63, 3.8) is 0 Å². The predicted octanol–water partition coefficient (Wildman–Crippen LogP) is 1.97. The molecule has 0 spiro atoms. The maximum absolute atomic E-state index is 14.4. The van der Waals surface area contributed by atoms with Gasteiger partial charge in [-0.15, -0.1) is 0 Å². The monoisotopic (exact) mass is 808 g/mol. The van der Waals surface area contributed by atoms with Crippen molar-refractivity contribution in [3.05, 3.63) is 102 Å². The third kappa shape index (κ3) is 11.7. The average molecular weight is 809 g/mol. The van der Waals surface area contributed by atoms with E-state index in [9.17, 15) is 33.9 Å². The molecule has 15 heteroatoms. The summed E-state index contributed by atoms with van der Waals surface area (Å²) < 4.78 is 0. The molecule has 1 saturated heterocycles. The summed E-state index contributed by atoms with van der Waals surface area (Å²) in [5.41, 5.74) is 8.68. The first-order valence-electron chi connectivity index (χ1n) is 20.1. The van der Waals surface area contributed by atoms with E-state index in [0.29, 0.717) is 24.9 Å². The molecule has 9 N–H and O–H groups in total. The number of hydrogen-bond donors (Lipinski definition) is 8. The summed E-state index contributed by atoms with van der Waals surface area (Å²) in [6.45, 7) is 5.38. The lowest BCUT2D eigenvalue weighted by Gasteiger charge is -2.32. The van der Waals surface area contributed by atoms with E-state index in [4.69, 9.17) is 5.73 Å². The van der Waals surface area contributed by atoms with Gasteiger partial charge >= 0.3 is 0 Å². The summed E-state index contributed by atoms with van der Waals surface area (Å²) in [4.78, 5) is 89.8. The van der Waals surface area contributed by atoms with Crippen LogP contribution in [0.4, 0.5) is 0 Å². The van der Waals surface area contributed by atoms with Gasteiger partial charge in [-0.1, -0.05) is 74.5 Å². The molecule has 2 heterocycles. The van der Waals surface area contributed by atoms with Gasteiger partial charge in [-0.05, 0) is 73.5 Å². The molecule has 0 aliphatic carbocycles. The Hall–Kier alpha value is -6.22. The van der Waals surface area contributed by atoms with Gasteiger partial charge in [0.1, 0.15) is 42.0 Å². The molecule has 1 fully saturated rings. The highest BCUT2D eigenvalue weighted by Crippen LogP contribution is 2.20. The second-order valence-corrected chi connectivity index (χ2v) is 15.5. The number of nitrogens with zero attached hydrogens (tertiary/aromatic N) is 1. The van der Waals surface area contributed by atoms with E-state index in [1.807, 2.05) is 54.6 Å². The molecule has 4 aromatic rings. The number of aromatic amines is 1. The summed E-state index contributed by atoms with van der Waals surface area (Å²) in [6, 6.07) is 15.8. The highest BCUT2D eigenvalue weighted by Gasteiger charge is 2.37. The lowest BCUT2D eigenvalue weighted by Crippen LogP contribution is -2.62. The van der Waals surface area contributed by atoms with Gasteiger partial charge < -0.3 is 47.3 Å². The Labute approximate surface area is 344 Å². The van der Waals surface area contributed by atoms with Gasteiger partial charge in [0.15, 0.2) is 0 Å².